The van der Waals surface area contributed by atoms with E-state index in [4.69, 9.17) is 16.3 Å². The fraction of sp³-hybridized carbons (Fsp3) is 0.227. The Morgan fingerprint density at radius 2 is 1.90 bits per heavy atom. The van der Waals surface area contributed by atoms with Crippen molar-refractivity contribution in [3.8, 4) is 17.0 Å². The molecule has 0 aliphatic rings. The summed E-state index contributed by atoms with van der Waals surface area (Å²) in [4.78, 5) is 25.1. The van der Waals surface area contributed by atoms with Crippen LogP contribution in [0, 0.1) is 6.92 Å². The van der Waals surface area contributed by atoms with Gasteiger partial charge in [-0.05, 0) is 68.8 Å². The molecule has 3 aromatic rings. The van der Waals surface area contributed by atoms with E-state index in [9.17, 15) is 9.59 Å². The normalized spacial score (nSPS) is 11.7. The van der Waals surface area contributed by atoms with E-state index < -0.39 is 6.04 Å². The summed E-state index contributed by atoms with van der Waals surface area (Å²) >= 11 is 6.01. The van der Waals surface area contributed by atoms with Crippen LogP contribution in [0.5, 0.6) is 5.75 Å². The van der Waals surface area contributed by atoms with E-state index in [1.165, 1.54) is 10.7 Å². The highest BCUT2D eigenvalue weighted by atomic mass is 35.5. The van der Waals surface area contributed by atoms with Crippen molar-refractivity contribution in [2.24, 2.45) is 0 Å². The van der Waals surface area contributed by atoms with Crippen LogP contribution in [0.1, 0.15) is 25.5 Å². The Morgan fingerprint density at radius 1 is 1.17 bits per heavy atom. The summed E-state index contributed by atoms with van der Waals surface area (Å²) in [5.74, 6) is 0.406. The van der Waals surface area contributed by atoms with Gasteiger partial charge in [0.05, 0.1) is 12.3 Å². The molecule has 0 spiro atoms. The Hall–Kier alpha value is -3.12. The van der Waals surface area contributed by atoms with E-state index >= 15 is 0 Å². The monoisotopic (exact) mass is 411 g/mol. The lowest BCUT2D eigenvalue weighted by molar-refractivity contribution is -0.119. The number of nitrogens with one attached hydrogen (secondary N) is 1. The highest BCUT2D eigenvalue weighted by Crippen LogP contribution is 2.22. The van der Waals surface area contributed by atoms with Crippen LogP contribution in [0.25, 0.3) is 11.3 Å². The zero-order valence-corrected chi connectivity index (χ0v) is 17.2. The molecule has 1 amide bonds. The molecule has 0 fully saturated rings. The van der Waals surface area contributed by atoms with Crippen molar-refractivity contribution >= 4 is 23.2 Å². The Balaban J connectivity index is 1.85. The third kappa shape index (κ3) is 4.84. The summed E-state index contributed by atoms with van der Waals surface area (Å²) in [5.41, 5.74) is 2.53. The van der Waals surface area contributed by atoms with Crippen LogP contribution in [0.3, 0.4) is 0 Å². The number of hydrogen-bond donors (Lipinski definition) is 1. The van der Waals surface area contributed by atoms with Crippen LogP contribution in [-0.4, -0.2) is 22.3 Å². The standard InChI is InChI=1S/C22H22ClN3O3/c1-4-29-18-9-6-16(7-10-18)19-11-12-21(27)26(25-19)15(3)22(28)24-20-13-17(23)8-5-14(20)2/h5-13,15H,4H2,1-3H3,(H,24,28). The van der Waals surface area contributed by atoms with Gasteiger partial charge in [0.2, 0.25) is 5.91 Å². The SMILES string of the molecule is CCOc1ccc(-c2ccc(=O)n(C(C)C(=O)Nc3cc(Cl)ccc3C)n2)cc1. The molecule has 2 aromatic carbocycles. The zero-order valence-electron chi connectivity index (χ0n) is 16.5. The van der Waals surface area contributed by atoms with Crippen LogP contribution >= 0.6 is 11.6 Å². The maximum Gasteiger partial charge on any atom is 0.267 e. The number of carbonyl (C=O) groups excluding carboxylic acids is 1. The molecule has 1 N–H and O–H groups in total. The van der Waals surface area contributed by atoms with Gasteiger partial charge in [-0.3, -0.25) is 9.59 Å². The van der Waals surface area contributed by atoms with Gasteiger partial charge < -0.3 is 10.1 Å². The summed E-state index contributed by atoms with van der Waals surface area (Å²) in [5, 5.41) is 7.73. The third-order valence-corrected chi connectivity index (χ3v) is 4.73. The number of carbonyl (C=O) groups is 1. The minimum atomic E-state index is -0.802. The lowest BCUT2D eigenvalue weighted by Gasteiger charge is -2.16. The summed E-state index contributed by atoms with van der Waals surface area (Å²) < 4.78 is 6.63. The number of anilines is 1. The second-order valence-corrected chi connectivity index (χ2v) is 7.02. The van der Waals surface area contributed by atoms with Crippen molar-refractivity contribution in [2.75, 3.05) is 11.9 Å². The van der Waals surface area contributed by atoms with Gasteiger partial charge in [0.15, 0.2) is 0 Å². The predicted molar refractivity (Wildman–Crippen MR) is 115 cm³/mol. The molecule has 0 saturated heterocycles. The van der Waals surface area contributed by atoms with Crippen molar-refractivity contribution in [1.29, 1.82) is 0 Å². The van der Waals surface area contributed by atoms with E-state index in [1.807, 2.05) is 44.2 Å². The molecule has 1 atom stereocenters. The lowest BCUT2D eigenvalue weighted by atomic mass is 10.1. The van der Waals surface area contributed by atoms with Crippen molar-refractivity contribution < 1.29 is 9.53 Å². The number of nitrogens with zero attached hydrogens (tertiary/aromatic N) is 2. The first-order chi connectivity index (χ1) is 13.9. The number of amides is 1. The molecule has 29 heavy (non-hydrogen) atoms. The summed E-state index contributed by atoms with van der Waals surface area (Å²) in [6.45, 7) is 6.00. The molecular weight excluding hydrogens is 390 g/mol. The van der Waals surface area contributed by atoms with Gasteiger partial charge in [-0.2, -0.15) is 5.10 Å². The topological polar surface area (TPSA) is 73.2 Å². The first-order valence-corrected chi connectivity index (χ1v) is 9.67. The summed E-state index contributed by atoms with van der Waals surface area (Å²) in [6.07, 6.45) is 0. The van der Waals surface area contributed by atoms with Crippen LogP contribution in [0.15, 0.2) is 59.4 Å². The zero-order chi connectivity index (χ0) is 21.0. The van der Waals surface area contributed by atoms with Crippen LogP contribution in [0.4, 0.5) is 5.69 Å². The maximum absolute atomic E-state index is 12.7. The summed E-state index contributed by atoms with van der Waals surface area (Å²) in [6, 6.07) is 14.9. The molecule has 0 aliphatic heterocycles. The molecule has 0 aliphatic carbocycles. The quantitative estimate of drug-likeness (QED) is 0.649. The molecule has 1 unspecified atom stereocenters. The largest absolute Gasteiger partial charge is 0.494 e. The van der Waals surface area contributed by atoms with Gasteiger partial charge in [0, 0.05) is 22.3 Å². The number of aryl methyl sites for hydroxylation is 1. The van der Waals surface area contributed by atoms with Crippen LogP contribution < -0.4 is 15.6 Å². The van der Waals surface area contributed by atoms with E-state index in [0.717, 1.165) is 16.9 Å². The molecule has 6 nitrogen and oxygen atoms in total. The van der Waals surface area contributed by atoms with Gasteiger partial charge in [0.25, 0.3) is 5.56 Å². The van der Waals surface area contributed by atoms with Crippen molar-refractivity contribution in [2.45, 2.75) is 26.8 Å². The molecule has 1 heterocycles. The molecule has 150 valence electrons. The second-order valence-electron chi connectivity index (χ2n) is 6.58. The molecule has 1 aromatic heterocycles. The number of halogens is 1. The third-order valence-electron chi connectivity index (χ3n) is 4.49. The van der Waals surface area contributed by atoms with E-state index in [-0.39, 0.29) is 11.5 Å². The fourth-order valence-corrected chi connectivity index (χ4v) is 2.99. The Kier molecular flexibility index (Phi) is 6.34. The molecule has 0 saturated carbocycles. The smallest absolute Gasteiger partial charge is 0.267 e. The van der Waals surface area contributed by atoms with E-state index in [1.54, 1.807) is 25.1 Å². The number of rotatable bonds is 6. The average molecular weight is 412 g/mol. The minimum Gasteiger partial charge on any atom is -0.494 e. The van der Waals surface area contributed by atoms with Crippen LogP contribution in [-0.2, 0) is 4.79 Å². The van der Waals surface area contributed by atoms with Crippen molar-refractivity contribution in [3.63, 3.8) is 0 Å². The van der Waals surface area contributed by atoms with Gasteiger partial charge in [0.1, 0.15) is 11.8 Å². The van der Waals surface area contributed by atoms with Gasteiger partial charge in [-0.25, -0.2) is 4.68 Å². The minimum absolute atomic E-state index is 0.353. The van der Waals surface area contributed by atoms with E-state index in [0.29, 0.717) is 23.0 Å². The fourth-order valence-electron chi connectivity index (χ4n) is 2.82. The van der Waals surface area contributed by atoms with Crippen molar-refractivity contribution in [3.05, 3.63) is 75.5 Å². The van der Waals surface area contributed by atoms with E-state index in [2.05, 4.69) is 10.4 Å². The Morgan fingerprint density at radius 3 is 2.59 bits per heavy atom. The first-order valence-electron chi connectivity index (χ1n) is 9.29. The van der Waals surface area contributed by atoms with Crippen molar-refractivity contribution in [1.82, 2.24) is 9.78 Å². The Bertz CT molecular complexity index is 1080. The highest BCUT2D eigenvalue weighted by Gasteiger charge is 2.19. The predicted octanol–water partition coefficient (Wildman–Crippen LogP) is 4.47. The average Bonchev–Trinajstić information content (AvgIpc) is 2.71. The lowest BCUT2D eigenvalue weighted by Crippen LogP contribution is -2.33. The molecule has 0 bridgehead atoms. The molecule has 3 rings (SSSR count). The maximum atomic E-state index is 12.7. The summed E-state index contributed by atoms with van der Waals surface area (Å²) in [7, 11) is 0. The Labute approximate surface area is 174 Å². The number of hydrogen-bond acceptors (Lipinski definition) is 4. The van der Waals surface area contributed by atoms with Gasteiger partial charge in [-0.15, -0.1) is 0 Å². The van der Waals surface area contributed by atoms with Crippen LogP contribution in [0.2, 0.25) is 5.02 Å². The number of benzene rings is 2. The molecule has 0 radical (unpaired) electrons. The first kappa shape index (κ1) is 20.6. The molecule has 7 heteroatoms. The second kappa shape index (κ2) is 8.92. The number of aromatic nitrogens is 2. The van der Waals surface area contributed by atoms with Gasteiger partial charge in [-0.1, -0.05) is 17.7 Å². The van der Waals surface area contributed by atoms with Gasteiger partial charge >= 0.3 is 0 Å². The number of ether oxygens (including phenoxy) is 1. The molecular formula is C22H22ClN3O3. The highest BCUT2D eigenvalue weighted by molar-refractivity contribution is 6.31.